The fourth-order valence-corrected chi connectivity index (χ4v) is 4.16. The molecule has 0 spiro atoms. The Labute approximate surface area is 176 Å². The number of nitrogens with one attached hydrogen (secondary N) is 1. The fourth-order valence-electron chi connectivity index (χ4n) is 4.16. The minimum absolute atomic E-state index is 0.0843. The highest BCUT2D eigenvalue weighted by Crippen LogP contribution is 2.34. The van der Waals surface area contributed by atoms with Crippen LogP contribution in [-0.2, 0) is 25.7 Å². The fraction of sp³-hybridized carbons (Fsp3) is 0.350. The minimum atomic E-state index is -0.981. The van der Waals surface area contributed by atoms with Crippen LogP contribution >= 0.6 is 0 Å². The van der Waals surface area contributed by atoms with Crippen molar-refractivity contribution >= 4 is 23.6 Å². The van der Waals surface area contributed by atoms with Gasteiger partial charge in [0.15, 0.2) is 0 Å². The van der Waals surface area contributed by atoms with Gasteiger partial charge in [-0.25, -0.2) is 0 Å². The molecule has 1 N–H and O–H groups in total. The third-order valence-electron chi connectivity index (χ3n) is 5.59. The van der Waals surface area contributed by atoms with Crippen LogP contribution in [0.5, 0.6) is 0 Å². The third-order valence-corrected chi connectivity index (χ3v) is 5.59. The summed E-state index contributed by atoms with van der Waals surface area (Å²) in [6.45, 7) is 0.694. The predicted molar refractivity (Wildman–Crippen MR) is 102 cm³/mol. The van der Waals surface area contributed by atoms with Gasteiger partial charge in [0.2, 0.25) is 23.5 Å². The number of carbonyl (C=O) groups excluding carboxylic acids is 4. The minimum Gasteiger partial charge on any atom is -0.357 e. The van der Waals surface area contributed by atoms with E-state index < -0.39 is 29.7 Å². The van der Waals surface area contributed by atoms with E-state index in [1.165, 1.54) is 0 Å². The van der Waals surface area contributed by atoms with Gasteiger partial charge in [-0.2, -0.15) is 4.98 Å². The van der Waals surface area contributed by atoms with Crippen molar-refractivity contribution in [1.82, 2.24) is 30.2 Å². The van der Waals surface area contributed by atoms with Gasteiger partial charge in [-0.1, -0.05) is 5.16 Å². The summed E-state index contributed by atoms with van der Waals surface area (Å²) in [6, 6.07) is 2.59. The number of hydrogen-bond donors (Lipinski definition) is 1. The Balaban J connectivity index is 1.38. The molecule has 31 heavy (non-hydrogen) atoms. The highest BCUT2D eigenvalue weighted by molar-refractivity contribution is 6.21. The van der Waals surface area contributed by atoms with Crippen LogP contribution in [0.3, 0.4) is 0 Å². The number of carbonyl (C=O) groups is 4. The molecule has 1 saturated heterocycles. The molecule has 11 heteroatoms. The number of piperidine rings is 1. The Morgan fingerprint density at radius 2 is 2.03 bits per heavy atom. The monoisotopic (exact) mass is 422 g/mol. The van der Waals surface area contributed by atoms with Crippen LogP contribution < -0.4 is 5.32 Å². The van der Waals surface area contributed by atoms with Gasteiger partial charge in [-0.05, 0) is 31.4 Å². The molecule has 4 amide bonds. The van der Waals surface area contributed by atoms with Crippen molar-refractivity contribution in [1.29, 1.82) is 0 Å². The molecule has 0 bridgehead atoms. The summed E-state index contributed by atoms with van der Waals surface area (Å²) in [5.41, 5.74) is 1.35. The Morgan fingerprint density at radius 3 is 2.81 bits per heavy atom. The van der Waals surface area contributed by atoms with Crippen molar-refractivity contribution in [3.05, 3.63) is 41.7 Å². The molecule has 5 heterocycles. The van der Waals surface area contributed by atoms with E-state index in [1.54, 1.807) is 29.4 Å². The smallest absolute Gasteiger partial charge is 0.278 e. The maximum absolute atomic E-state index is 13.2. The molecule has 158 valence electrons. The van der Waals surface area contributed by atoms with Crippen molar-refractivity contribution < 1.29 is 23.7 Å². The Kier molecular flexibility index (Phi) is 4.57. The summed E-state index contributed by atoms with van der Waals surface area (Å²) >= 11 is 0. The summed E-state index contributed by atoms with van der Waals surface area (Å²) in [7, 11) is 0. The van der Waals surface area contributed by atoms with Crippen LogP contribution in [0.2, 0.25) is 0 Å². The summed E-state index contributed by atoms with van der Waals surface area (Å²) in [6.07, 6.45) is 4.59. The molecule has 3 aliphatic heterocycles. The molecule has 0 aliphatic carbocycles. The number of amides is 4. The van der Waals surface area contributed by atoms with E-state index in [1.807, 2.05) is 0 Å². The molecule has 3 aliphatic rings. The lowest BCUT2D eigenvalue weighted by molar-refractivity contribution is -0.150. The number of aromatic nitrogens is 3. The summed E-state index contributed by atoms with van der Waals surface area (Å²) in [4.78, 5) is 60.9. The second-order valence-electron chi connectivity index (χ2n) is 7.55. The van der Waals surface area contributed by atoms with E-state index >= 15 is 0 Å². The van der Waals surface area contributed by atoms with Gasteiger partial charge in [-0.3, -0.25) is 34.4 Å². The van der Waals surface area contributed by atoms with Crippen molar-refractivity contribution in [2.24, 2.45) is 0 Å². The van der Waals surface area contributed by atoms with Gasteiger partial charge in [0, 0.05) is 36.5 Å². The van der Waals surface area contributed by atoms with E-state index in [4.69, 9.17) is 4.52 Å². The van der Waals surface area contributed by atoms with Gasteiger partial charge in [0.1, 0.15) is 11.7 Å². The Hall–Kier alpha value is -3.89. The molecule has 11 nitrogen and oxygen atoms in total. The maximum Gasteiger partial charge on any atom is 0.278 e. The van der Waals surface area contributed by atoms with E-state index in [9.17, 15) is 19.2 Å². The van der Waals surface area contributed by atoms with Gasteiger partial charge in [0.05, 0.1) is 6.54 Å². The standard InChI is InChI=1S/C20H18N6O5/c27-14-6-5-13(18(28)22-14)26-19(29)12-4-2-8-25(16(12)20(26)30)10-15-23-17(24-31-15)11-3-1-7-21-9-11/h1,3,7,9,13H,2,4-6,8,10H2,(H,22,27,28). The molecule has 2 aromatic rings. The van der Waals surface area contributed by atoms with Crippen LogP contribution in [-0.4, -0.2) is 61.1 Å². The maximum atomic E-state index is 13.2. The number of hydrogen-bond acceptors (Lipinski definition) is 9. The number of imide groups is 2. The first kappa shape index (κ1) is 19.1. The van der Waals surface area contributed by atoms with E-state index in [0.717, 1.165) is 4.90 Å². The lowest BCUT2D eigenvalue weighted by Gasteiger charge is -2.29. The summed E-state index contributed by atoms with van der Waals surface area (Å²) < 4.78 is 5.34. The van der Waals surface area contributed by atoms with Crippen molar-refractivity contribution in [3.63, 3.8) is 0 Å². The van der Waals surface area contributed by atoms with Crippen LogP contribution in [0.15, 0.2) is 40.3 Å². The van der Waals surface area contributed by atoms with E-state index in [2.05, 4.69) is 20.4 Å². The number of pyridine rings is 1. The molecule has 1 fully saturated rings. The molecular formula is C20H18N6O5. The zero-order valence-electron chi connectivity index (χ0n) is 16.4. The van der Waals surface area contributed by atoms with E-state index in [0.29, 0.717) is 42.2 Å². The van der Waals surface area contributed by atoms with Crippen LogP contribution in [0.4, 0.5) is 0 Å². The van der Waals surface area contributed by atoms with Gasteiger partial charge in [0.25, 0.3) is 11.8 Å². The average molecular weight is 422 g/mol. The molecule has 0 aromatic carbocycles. The third kappa shape index (κ3) is 3.27. The van der Waals surface area contributed by atoms with Gasteiger partial charge < -0.3 is 9.42 Å². The Morgan fingerprint density at radius 1 is 1.16 bits per heavy atom. The van der Waals surface area contributed by atoms with Gasteiger partial charge in [-0.15, -0.1) is 0 Å². The molecule has 0 saturated carbocycles. The van der Waals surface area contributed by atoms with Crippen molar-refractivity contribution in [2.75, 3.05) is 6.54 Å². The second-order valence-corrected chi connectivity index (χ2v) is 7.55. The molecule has 1 atom stereocenters. The SMILES string of the molecule is O=C1CCC(N2C(=O)C3=C(C2=O)N(Cc2nc(-c4cccnc4)no2)CCC3)C(=O)N1. The molecule has 5 rings (SSSR count). The molecule has 2 aromatic heterocycles. The molecule has 0 radical (unpaired) electrons. The number of nitrogens with zero attached hydrogens (tertiary/aromatic N) is 5. The first-order valence-electron chi connectivity index (χ1n) is 9.95. The first-order valence-corrected chi connectivity index (χ1v) is 9.95. The lowest BCUT2D eigenvalue weighted by atomic mass is 10.0. The van der Waals surface area contributed by atoms with Crippen LogP contribution in [0, 0.1) is 0 Å². The lowest BCUT2D eigenvalue weighted by Crippen LogP contribution is -2.55. The Bertz CT molecular complexity index is 1120. The van der Waals surface area contributed by atoms with Gasteiger partial charge >= 0.3 is 0 Å². The molecule has 1 unspecified atom stereocenters. The average Bonchev–Trinajstić information content (AvgIpc) is 3.33. The summed E-state index contributed by atoms with van der Waals surface area (Å²) in [5.74, 6) is -1.34. The second kappa shape index (κ2) is 7.42. The van der Waals surface area contributed by atoms with Crippen LogP contribution in [0.25, 0.3) is 11.4 Å². The van der Waals surface area contributed by atoms with Crippen molar-refractivity contribution in [2.45, 2.75) is 38.3 Å². The zero-order chi connectivity index (χ0) is 21.5. The van der Waals surface area contributed by atoms with Crippen molar-refractivity contribution in [3.8, 4) is 11.4 Å². The quantitative estimate of drug-likeness (QED) is 0.682. The first-order chi connectivity index (χ1) is 15.0. The van der Waals surface area contributed by atoms with E-state index in [-0.39, 0.29) is 25.1 Å². The zero-order valence-corrected chi connectivity index (χ0v) is 16.4. The molecular weight excluding hydrogens is 404 g/mol. The van der Waals surface area contributed by atoms with Crippen LogP contribution in [0.1, 0.15) is 31.6 Å². The topological polar surface area (TPSA) is 139 Å². The summed E-state index contributed by atoms with van der Waals surface area (Å²) in [5, 5.41) is 6.16. The normalized spacial score (nSPS) is 21.6. The largest absolute Gasteiger partial charge is 0.357 e. The highest BCUT2D eigenvalue weighted by atomic mass is 16.5. The predicted octanol–water partition coefficient (Wildman–Crippen LogP) is 0.156. The highest BCUT2D eigenvalue weighted by Gasteiger charge is 2.48. The number of rotatable bonds is 4.